The molecule has 2 aromatic carbocycles. The Hall–Kier alpha value is -2.91. The van der Waals surface area contributed by atoms with Crippen molar-refractivity contribution in [3.63, 3.8) is 0 Å². The summed E-state index contributed by atoms with van der Waals surface area (Å²) in [6, 6.07) is 11.7. The van der Waals surface area contributed by atoms with Crippen LogP contribution in [0.5, 0.6) is 17.2 Å². The van der Waals surface area contributed by atoms with Gasteiger partial charge in [0, 0.05) is 11.8 Å². The summed E-state index contributed by atoms with van der Waals surface area (Å²) in [5.74, 6) is 0.919. The lowest BCUT2D eigenvalue weighted by Gasteiger charge is -2.17. The van der Waals surface area contributed by atoms with Gasteiger partial charge in [0.1, 0.15) is 5.75 Å². The van der Waals surface area contributed by atoms with E-state index in [-0.39, 0.29) is 5.91 Å². The molecule has 0 aliphatic carbocycles. The molecule has 0 aromatic heterocycles. The summed E-state index contributed by atoms with van der Waals surface area (Å²) in [7, 11) is 2.98. The number of hydrogen-bond acceptors (Lipinski definition) is 5. The molecule has 0 fully saturated rings. The molecule has 0 saturated heterocycles. The first-order chi connectivity index (χ1) is 12.0. The second-order valence-electron chi connectivity index (χ2n) is 5.08. The summed E-state index contributed by atoms with van der Waals surface area (Å²) in [5, 5.41) is 12.0. The quantitative estimate of drug-likeness (QED) is 0.850. The first kappa shape index (κ1) is 18.4. The van der Waals surface area contributed by atoms with Gasteiger partial charge >= 0.3 is 0 Å². The van der Waals surface area contributed by atoms with Crippen LogP contribution in [0.2, 0.25) is 5.02 Å². The lowest BCUT2D eigenvalue weighted by molar-refractivity contribution is -0.122. The normalized spacial score (nSPS) is 11.2. The third-order valence-electron chi connectivity index (χ3n) is 3.39. The number of carbonyl (C=O) groups excluding carboxylic acids is 1. The van der Waals surface area contributed by atoms with Gasteiger partial charge in [0.05, 0.1) is 30.9 Å². The van der Waals surface area contributed by atoms with E-state index >= 15 is 0 Å². The fourth-order valence-electron chi connectivity index (χ4n) is 2.07. The van der Waals surface area contributed by atoms with Gasteiger partial charge in [0.15, 0.2) is 17.6 Å². The van der Waals surface area contributed by atoms with Crippen LogP contribution in [0.3, 0.4) is 0 Å². The molecule has 0 unspecified atom stereocenters. The molecule has 0 saturated carbocycles. The number of nitrogens with zero attached hydrogens (tertiary/aromatic N) is 1. The van der Waals surface area contributed by atoms with Crippen LogP contribution in [0.1, 0.15) is 12.5 Å². The van der Waals surface area contributed by atoms with Crippen LogP contribution in [0.25, 0.3) is 0 Å². The number of nitrogens with one attached hydrogen (secondary N) is 1. The summed E-state index contributed by atoms with van der Waals surface area (Å²) in [6.07, 6.45) is -0.789. The summed E-state index contributed by atoms with van der Waals surface area (Å²) < 4.78 is 15.9. The Morgan fingerprint density at radius 3 is 2.40 bits per heavy atom. The van der Waals surface area contributed by atoms with Gasteiger partial charge in [-0.25, -0.2) is 0 Å². The van der Waals surface area contributed by atoms with Gasteiger partial charge in [-0.05, 0) is 37.3 Å². The number of ether oxygens (including phenoxy) is 3. The smallest absolute Gasteiger partial charge is 0.265 e. The van der Waals surface area contributed by atoms with Crippen LogP contribution in [0, 0.1) is 11.3 Å². The minimum Gasteiger partial charge on any atom is -0.495 e. The van der Waals surface area contributed by atoms with E-state index in [2.05, 4.69) is 5.32 Å². The summed E-state index contributed by atoms with van der Waals surface area (Å²) >= 11 is 6.04. The first-order valence-corrected chi connectivity index (χ1v) is 7.75. The van der Waals surface area contributed by atoms with E-state index in [1.807, 2.05) is 6.07 Å². The minimum atomic E-state index is -0.789. The maximum atomic E-state index is 12.3. The van der Waals surface area contributed by atoms with E-state index < -0.39 is 6.10 Å². The van der Waals surface area contributed by atoms with Gasteiger partial charge in [-0.1, -0.05) is 11.6 Å². The highest BCUT2D eigenvalue weighted by molar-refractivity contribution is 6.32. The number of carbonyl (C=O) groups is 1. The first-order valence-electron chi connectivity index (χ1n) is 7.37. The van der Waals surface area contributed by atoms with Gasteiger partial charge in [0.2, 0.25) is 0 Å². The molecule has 0 bridgehead atoms. The van der Waals surface area contributed by atoms with Crippen LogP contribution in [0.15, 0.2) is 36.4 Å². The van der Waals surface area contributed by atoms with Crippen molar-refractivity contribution in [1.29, 1.82) is 5.26 Å². The Kier molecular flexibility index (Phi) is 6.09. The fourth-order valence-corrected chi connectivity index (χ4v) is 2.32. The van der Waals surface area contributed by atoms with Gasteiger partial charge in [0.25, 0.3) is 5.91 Å². The predicted molar refractivity (Wildman–Crippen MR) is 94.4 cm³/mol. The number of hydrogen-bond donors (Lipinski definition) is 1. The van der Waals surface area contributed by atoms with Crippen molar-refractivity contribution in [2.24, 2.45) is 0 Å². The van der Waals surface area contributed by atoms with Gasteiger partial charge < -0.3 is 19.5 Å². The Bertz CT molecular complexity index is 817. The number of benzene rings is 2. The number of nitriles is 1. The predicted octanol–water partition coefficient (Wildman–Crippen LogP) is 3.63. The third-order valence-corrected chi connectivity index (χ3v) is 3.68. The molecule has 0 aliphatic heterocycles. The number of amides is 1. The van der Waals surface area contributed by atoms with Crippen molar-refractivity contribution < 1.29 is 19.0 Å². The molecule has 1 atom stereocenters. The summed E-state index contributed by atoms with van der Waals surface area (Å²) in [6.45, 7) is 1.61. The van der Waals surface area contributed by atoms with Crippen LogP contribution in [-0.4, -0.2) is 26.2 Å². The van der Waals surface area contributed by atoms with E-state index in [0.717, 1.165) is 0 Å². The molecule has 2 aromatic rings. The minimum absolute atomic E-state index is 0.354. The fraction of sp³-hybridized carbons (Fsp3) is 0.222. The molecule has 7 heteroatoms. The van der Waals surface area contributed by atoms with Crippen molar-refractivity contribution >= 4 is 23.2 Å². The monoisotopic (exact) mass is 360 g/mol. The Morgan fingerprint density at radius 2 is 1.80 bits per heavy atom. The molecule has 0 radical (unpaired) electrons. The van der Waals surface area contributed by atoms with Gasteiger partial charge in [-0.15, -0.1) is 0 Å². The van der Waals surface area contributed by atoms with Crippen molar-refractivity contribution in [1.82, 2.24) is 0 Å². The van der Waals surface area contributed by atoms with E-state index in [4.69, 9.17) is 31.1 Å². The van der Waals surface area contributed by atoms with Crippen molar-refractivity contribution in [3.8, 4) is 23.3 Å². The average molecular weight is 361 g/mol. The molecule has 1 N–H and O–H groups in total. The Labute approximate surface area is 150 Å². The maximum absolute atomic E-state index is 12.3. The van der Waals surface area contributed by atoms with Crippen molar-refractivity contribution in [2.75, 3.05) is 19.5 Å². The lowest BCUT2D eigenvalue weighted by Crippen LogP contribution is -2.30. The number of halogens is 1. The largest absolute Gasteiger partial charge is 0.495 e. The SMILES string of the molecule is COc1ccc(NC(=O)[C@H](C)Oc2ccc(C#N)cc2OC)cc1Cl. The number of methoxy groups -OCH3 is 2. The second kappa shape index (κ2) is 8.27. The molecule has 6 nitrogen and oxygen atoms in total. The van der Waals surface area contributed by atoms with E-state index in [9.17, 15) is 4.79 Å². The second-order valence-corrected chi connectivity index (χ2v) is 5.48. The van der Waals surface area contributed by atoms with Gasteiger partial charge in [-0.3, -0.25) is 4.79 Å². The van der Waals surface area contributed by atoms with E-state index in [1.54, 1.807) is 43.3 Å². The van der Waals surface area contributed by atoms with Crippen LogP contribution in [0.4, 0.5) is 5.69 Å². The van der Waals surface area contributed by atoms with Crippen LogP contribution < -0.4 is 19.5 Å². The molecule has 25 heavy (non-hydrogen) atoms. The van der Waals surface area contributed by atoms with E-state index in [1.165, 1.54) is 14.2 Å². The molecule has 2 rings (SSSR count). The molecule has 130 valence electrons. The zero-order valence-corrected chi connectivity index (χ0v) is 14.8. The van der Waals surface area contributed by atoms with Crippen LogP contribution in [-0.2, 0) is 4.79 Å². The average Bonchev–Trinajstić information content (AvgIpc) is 2.62. The molecular formula is C18H17ClN2O4. The highest BCUT2D eigenvalue weighted by atomic mass is 35.5. The standard InChI is InChI=1S/C18H17ClN2O4/c1-11(25-16-6-4-12(10-20)8-17(16)24-3)18(22)21-13-5-7-15(23-2)14(19)9-13/h4-9,11H,1-3H3,(H,21,22)/t11-/m0/s1. The highest BCUT2D eigenvalue weighted by Crippen LogP contribution is 2.30. The number of rotatable bonds is 6. The summed E-state index contributed by atoms with van der Waals surface area (Å²) in [4.78, 5) is 12.3. The summed E-state index contributed by atoms with van der Waals surface area (Å²) in [5.41, 5.74) is 0.965. The zero-order chi connectivity index (χ0) is 18.4. The Morgan fingerprint density at radius 1 is 1.12 bits per heavy atom. The lowest BCUT2D eigenvalue weighted by atomic mass is 10.2. The Balaban J connectivity index is 2.08. The molecule has 1 amide bonds. The van der Waals surface area contributed by atoms with Gasteiger partial charge in [-0.2, -0.15) is 5.26 Å². The van der Waals surface area contributed by atoms with E-state index in [0.29, 0.717) is 33.5 Å². The third kappa shape index (κ3) is 4.55. The maximum Gasteiger partial charge on any atom is 0.265 e. The zero-order valence-electron chi connectivity index (χ0n) is 14.0. The number of anilines is 1. The molecule has 0 aliphatic rings. The molecule has 0 heterocycles. The van der Waals surface area contributed by atoms with Crippen molar-refractivity contribution in [2.45, 2.75) is 13.0 Å². The van der Waals surface area contributed by atoms with Crippen LogP contribution >= 0.6 is 11.6 Å². The molecule has 0 spiro atoms. The van der Waals surface area contributed by atoms with Crippen molar-refractivity contribution in [3.05, 3.63) is 47.0 Å². The highest BCUT2D eigenvalue weighted by Gasteiger charge is 2.18. The molecular weight excluding hydrogens is 344 g/mol. The topological polar surface area (TPSA) is 80.6 Å².